The summed E-state index contributed by atoms with van der Waals surface area (Å²) in [6, 6.07) is 6.44. The average molecular weight is 342 g/mol. The highest BCUT2D eigenvalue weighted by Crippen LogP contribution is 2.19. The molecule has 1 aromatic carbocycles. The number of morpholine rings is 1. The van der Waals surface area contributed by atoms with E-state index in [0.29, 0.717) is 5.82 Å². The Morgan fingerprint density at radius 3 is 2.96 bits per heavy atom. The minimum absolute atomic E-state index is 0.0535. The molecule has 6 nitrogen and oxygen atoms in total. The van der Waals surface area contributed by atoms with E-state index in [1.165, 1.54) is 0 Å². The first-order chi connectivity index (χ1) is 11.4. The zero-order valence-corrected chi connectivity index (χ0v) is 12.8. The predicted octanol–water partition coefficient (Wildman–Crippen LogP) is 1.44. The number of amides is 1. The van der Waals surface area contributed by atoms with Crippen LogP contribution in [0.1, 0.15) is 5.82 Å². The monoisotopic (exact) mass is 342 g/mol. The lowest BCUT2D eigenvalue weighted by molar-refractivity contribution is -0.166. The number of carbonyl (C=O) groups excluding carboxylic acids is 1. The van der Waals surface area contributed by atoms with Gasteiger partial charge in [0.1, 0.15) is 11.9 Å². The molecule has 24 heavy (non-hydrogen) atoms. The molecule has 1 atom stereocenters. The van der Waals surface area contributed by atoms with Gasteiger partial charge >= 0.3 is 6.18 Å². The zero-order chi connectivity index (χ0) is 17.2. The fourth-order valence-corrected chi connectivity index (χ4v) is 2.68. The molecular weight excluding hydrogens is 325 g/mol. The molecule has 0 spiro atoms. The van der Waals surface area contributed by atoms with Crippen LogP contribution in [0.25, 0.3) is 11.0 Å². The summed E-state index contributed by atoms with van der Waals surface area (Å²) in [4.78, 5) is 20.7. The highest BCUT2D eigenvalue weighted by Gasteiger charge is 2.38. The standard InChI is InChI=1S/C15H17F3N4O2/c16-15(17,18)9-22-5-6-24-8-12(22)14(23)19-7-13-20-10-3-1-2-4-11(10)21-13/h1-4,12H,5-9H2,(H,19,23)(H,20,21)/t12-/m0/s1. The van der Waals surface area contributed by atoms with Gasteiger partial charge < -0.3 is 15.0 Å². The third-order valence-corrected chi connectivity index (χ3v) is 3.79. The van der Waals surface area contributed by atoms with E-state index in [2.05, 4.69) is 15.3 Å². The van der Waals surface area contributed by atoms with Gasteiger partial charge in [0.2, 0.25) is 5.91 Å². The van der Waals surface area contributed by atoms with Crippen molar-refractivity contribution in [3.05, 3.63) is 30.1 Å². The van der Waals surface area contributed by atoms with Gasteiger partial charge in [0, 0.05) is 6.54 Å². The summed E-state index contributed by atoms with van der Waals surface area (Å²) in [5, 5.41) is 2.62. The second kappa shape index (κ2) is 6.78. The van der Waals surface area contributed by atoms with Gasteiger partial charge in [-0.3, -0.25) is 9.69 Å². The molecule has 0 bridgehead atoms. The number of fused-ring (bicyclic) bond motifs is 1. The molecule has 1 fully saturated rings. The van der Waals surface area contributed by atoms with Gasteiger partial charge in [-0.1, -0.05) is 12.1 Å². The third-order valence-electron chi connectivity index (χ3n) is 3.79. The number of imidazole rings is 1. The number of alkyl halides is 3. The first kappa shape index (κ1) is 16.7. The summed E-state index contributed by atoms with van der Waals surface area (Å²) < 4.78 is 43.0. The molecule has 0 saturated carbocycles. The van der Waals surface area contributed by atoms with E-state index < -0.39 is 24.7 Å². The van der Waals surface area contributed by atoms with Crippen molar-refractivity contribution in [1.29, 1.82) is 0 Å². The molecule has 1 aliphatic heterocycles. The highest BCUT2D eigenvalue weighted by atomic mass is 19.4. The fourth-order valence-electron chi connectivity index (χ4n) is 2.68. The van der Waals surface area contributed by atoms with Gasteiger partial charge in [-0.05, 0) is 12.1 Å². The number of hydrogen-bond acceptors (Lipinski definition) is 4. The van der Waals surface area contributed by atoms with Crippen LogP contribution in [-0.4, -0.2) is 59.3 Å². The molecule has 1 saturated heterocycles. The number of aromatic nitrogens is 2. The average Bonchev–Trinajstić information content (AvgIpc) is 2.94. The van der Waals surface area contributed by atoms with Crippen molar-refractivity contribution in [3.63, 3.8) is 0 Å². The lowest BCUT2D eigenvalue weighted by Gasteiger charge is -2.34. The summed E-state index contributed by atoms with van der Waals surface area (Å²) in [7, 11) is 0. The summed E-state index contributed by atoms with van der Waals surface area (Å²) in [6.07, 6.45) is -4.35. The van der Waals surface area contributed by atoms with Gasteiger partial charge in [-0.2, -0.15) is 13.2 Å². The minimum atomic E-state index is -4.35. The predicted molar refractivity (Wildman–Crippen MR) is 80.2 cm³/mol. The normalized spacial score (nSPS) is 19.5. The van der Waals surface area contributed by atoms with E-state index in [1.807, 2.05) is 24.3 Å². The van der Waals surface area contributed by atoms with Crippen LogP contribution < -0.4 is 5.32 Å². The molecule has 1 amide bonds. The van der Waals surface area contributed by atoms with Gasteiger partial charge in [0.25, 0.3) is 0 Å². The van der Waals surface area contributed by atoms with Crippen LogP contribution >= 0.6 is 0 Å². The zero-order valence-electron chi connectivity index (χ0n) is 12.8. The van der Waals surface area contributed by atoms with Crippen molar-refractivity contribution in [1.82, 2.24) is 20.2 Å². The van der Waals surface area contributed by atoms with E-state index in [4.69, 9.17) is 4.74 Å². The van der Waals surface area contributed by atoms with E-state index in [1.54, 1.807) is 0 Å². The van der Waals surface area contributed by atoms with E-state index in [-0.39, 0.29) is 26.3 Å². The summed E-state index contributed by atoms with van der Waals surface area (Å²) in [5.41, 5.74) is 1.60. The number of H-pyrrole nitrogens is 1. The molecule has 0 unspecified atom stereocenters. The van der Waals surface area contributed by atoms with E-state index in [0.717, 1.165) is 15.9 Å². The van der Waals surface area contributed by atoms with Crippen LogP contribution in [0.2, 0.25) is 0 Å². The second-order valence-electron chi connectivity index (χ2n) is 5.59. The lowest BCUT2D eigenvalue weighted by atomic mass is 10.2. The summed E-state index contributed by atoms with van der Waals surface area (Å²) in [5.74, 6) is 0.0445. The molecule has 1 aromatic heterocycles. The summed E-state index contributed by atoms with van der Waals surface area (Å²) in [6.45, 7) is -0.809. The largest absolute Gasteiger partial charge is 0.401 e. The maximum Gasteiger partial charge on any atom is 0.401 e. The number of benzene rings is 1. The number of carbonyl (C=O) groups is 1. The first-order valence-electron chi connectivity index (χ1n) is 7.52. The van der Waals surface area contributed by atoms with Crippen molar-refractivity contribution in [2.45, 2.75) is 18.8 Å². The van der Waals surface area contributed by atoms with Crippen molar-refractivity contribution in [2.75, 3.05) is 26.3 Å². The number of rotatable bonds is 4. The van der Waals surface area contributed by atoms with Crippen LogP contribution in [0.15, 0.2) is 24.3 Å². The Hall–Kier alpha value is -2.13. The Labute approximate surface area is 136 Å². The quantitative estimate of drug-likeness (QED) is 0.882. The third kappa shape index (κ3) is 4.04. The number of nitrogens with one attached hydrogen (secondary N) is 2. The van der Waals surface area contributed by atoms with Gasteiger partial charge in [0.05, 0.1) is 37.3 Å². The fraction of sp³-hybridized carbons (Fsp3) is 0.467. The maximum absolute atomic E-state index is 12.6. The molecule has 130 valence electrons. The molecular formula is C15H17F3N4O2. The van der Waals surface area contributed by atoms with E-state index in [9.17, 15) is 18.0 Å². The van der Waals surface area contributed by atoms with Gasteiger partial charge in [-0.15, -0.1) is 0 Å². The number of ether oxygens (including phenoxy) is 1. The molecule has 0 aliphatic carbocycles. The molecule has 1 aliphatic rings. The molecule has 2 aromatic rings. The summed E-state index contributed by atoms with van der Waals surface area (Å²) >= 11 is 0. The Morgan fingerprint density at radius 1 is 1.42 bits per heavy atom. The Morgan fingerprint density at radius 2 is 2.21 bits per heavy atom. The molecule has 2 N–H and O–H groups in total. The van der Waals surface area contributed by atoms with Crippen molar-refractivity contribution >= 4 is 16.9 Å². The van der Waals surface area contributed by atoms with Crippen LogP contribution in [0.5, 0.6) is 0 Å². The van der Waals surface area contributed by atoms with Crippen LogP contribution in [-0.2, 0) is 16.1 Å². The molecule has 3 rings (SSSR count). The van der Waals surface area contributed by atoms with Crippen molar-refractivity contribution in [2.24, 2.45) is 0 Å². The smallest absolute Gasteiger partial charge is 0.378 e. The Kier molecular flexibility index (Phi) is 4.72. The topological polar surface area (TPSA) is 70.2 Å². The molecule has 2 heterocycles. The Bertz CT molecular complexity index is 683. The second-order valence-corrected chi connectivity index (χ2v) is 5.59. The SMILES string of the molecule is O=C(NCc1nc2ccccc2[nH]1)[C@@H]1COCCN1CC(F)(F)F. The van der Waals surface area contributed by atoms with Gasteiger partial charge in [-0.25, -0.2) is 4.98 Å². The number of hydrogen-bond donors (Lipinski definition) is 2. The number of aromatic amines is 1. The lowest BCUT2D eigenvalue weighted by Crippen LogP contribution is -2.55. The van der Waals surface area contributed by atoms with E-state index >= 15 is 0 Å². The van der Waals surface area contributed by atoms with Crippen molar-refractivity contribution < 1.29 is 22.7 Å². The van der Waals surface area contributed by atoms with Crippen LogP contribution in [0.3, 0.4) is 0 Å². The number of nitrogens with zero attached hydrogens (tertiary/aromatic N) is 2. The van der Waals surface area contributed by atoms with Crippen LogP contribution in [0.4, 0.5) is 13.2 Å². The Balaban J connectivity index is 1.62. The maximum atomic E-state index is 12.6. The van der Waals surface area contributed by atoms with Crippen LogP contribution in [0, 0.1) is 0 Å². The first-order valence-corrected chi connectivity index (χ1v) is 7.52. The number of halogens is 3. The van der Waals surface area contributed by atoms with Crippen molar-refractivity contribution in [3.8, 4) is 0 Å². The minimum Gasteiger partial charge on any atom is -0.378 e. The molecule has 0 radical (unpaired) electrons. The highest BCUT2D eigenvalue weighted by molar-refractivity contribution is 5.82. The number of para-hydroxylation sites is 2. The van der Waals surface area contributed by atoms with Gasteiger partial charge in [0.15, 0.2) is 0 Å². The molecule has 9 heteroatoms.